The van der Waals surface area contributed by atoms with Crippen LogP contribution in [0.25, 0.3) is 0 Å². The van der Waals surface area contributed by atoms with E-state index < -0.39 is 4.92 Å². The van der Waals surface area contributed by atoms with Gasteiger partial charge in [0, 0.05) is 52.6 Å². The molecule has 1 atom stereocenters. The summed E-state index contributed by atoms with van der Waals surface area (Å²) >= 11 is 3.90. The largest absolute Gasteiger partial charge is 0.398 e. The summed E-state index contributed by atoms with van der Waals surface area (Å²) in [6.45, 7) is 0.818. The van der Waals surface area contributed by atoms with Crippen LogP contribution in [0.3, 0.4) is 0 Å². The Balaban J connectivity index is 1.97. The van der Waals surface area contributed by atoms with Gasteiger partial charge in [-0.15, -0.1) is 0 Å². The molecule has 1 fully saturated rings. The van der Waals surface area contributed by atoms with E-state index in [-0.39, 0.29) is 5.69 Å². The Bertz CT molecular complexity index is 436. The molecule has 1 aliphatic rings. The molecule has 5 nitrogen and oxygen atoms in total. The number of benzene rings is 1. The molecular weight excluding hydrogens is 270 g/mol. The van der Waals surface area contributed by atoms with E-state index in [2.05, 4.69) is 5.32 Å². The van der Waals surface area contributed by atoms with Gasteiger partial charge >= 0.3 is 0 Å². The number of thioether (sulfide) groups is 2. The molecule has 0 saturated carbocycles. The van der Waals surface area contributed by atoms with E-state index in [1.54, 1.807) is 6.07 Å². The fourth-order valence-electron chi connectivity index (χ4n) is 1.73. The van der Waals surface area contributed by atoms with Gasteiger partial charge in [0.1, 0.15) is 0 Å². The van der Waals surface area contributed by atoms with E-state index >= 15 is 0 Å². The third kappa shape index (κ3) is 3.71. The molecule has 0 amide bonds. The van der Waals surface area contributed by atoms with Gasteiger partial charge in [-0.05, 0) is 6.07 Å². The molecule has 1 unspecified atom stereocenters. The summed E-state index contributed by atoms with van der Waals surface area (Å²) in [4.78, 5) is 10.3. The van der Waals surface area contributed by atoms with Crippen LogP contribution in [0.1, 0.15) is 0 Å². The third-order valence-corrected chi connectivity index (χ3v) is 5.41. The molecule has 18 heavy (non-hydrogen) atoms. The van der Waals surface area contributed by atoms with Crippen LogP contribution in [0.15, 0.2) is 18.2 Å². The van der Waals surface area contributed by atoms with Crippen molar-refractivity contribution in [3.05, 3.63) is 28.3 Å². The minimum Gasteiger partial charge on any atom is -0.398 e. The second kappa shape index (κ2) is 6.19. The van der Waals surface area contributed by atoms with Crippen LogP contribution in [0.2, 0.25) is 0 Å². The number of nitrogens with one attached hydrogen (secondary N) is 1. The Morgan fingerprint density at radius 2 is 2.28 bits per heavy atom. The molecular formula is C11H15N3O2S2. The molecule has 1 aliphatic heterocycles. The Morgan fingerprint density at radius 3 is 2.94 bits per heavy atom. The molecule has 1 heterocycles. The van der Waals surface area contributed by atoms with Crippen molar-refractivity contribution >= 4 is 40.6 Å². The zero-order valence-electron chi connectivity index (χ0n) is 9.80. The average Bonchev–Trinajstić information content (AvgIpc) is 2.37. The number of nitro groups is 1. The summed E-state index contributed by atoms with van der Waals surface area (Å²) < 4.78 is 0. The van der Waals surface area contributed by atoms with E-state index in [0.717, 1.165) is 18.0 Å². The maximum atomic E-state index is 10.7. The Kier molecular flexibility index (Phi) is 4.60. The number of nitrogen functional groups attached to an aromatic ring is 1. The molecule has 3 N–H and O–H groups in total. The number of hydrogen-bond acceptors (Lipinski definition) is 6. The van der Waals surface area contributed by atoms with Gasteiger partial charge in [0.25, 0.3) is 5.69 Å². The van der Waals surface area contributed by atoms with Gasteiger partial charge in [-0.2, -0.15) is 23.5 Å². The monoisotopic (exact) mass is 285 g/mol. The summed E-state index contributed by atoms with van der Waals surface area (Å²) in [6, 6.07) is 4.63. The zero-order valence-corrected chi connectivity index (χ0v) is 11.4. The topological polar surface area (TPSA) is 81.2 Å². The normalized spacial score (nSPS) is 19.4. The van der Waals surface area contributed by atoms with Crippen molar-refractivity contribution in [2.45, 2.75) is 5.25 Å². The van der Waals surface area contributed by atoms with Crippen molar-refractivity contribution < 1.29 is 4.92 Å². The van der Waals surface area contributed by atoms with Gasteiger partial charge in [0.15, 0.2) is 0 Å². The average molecular weight is 285 g/mol. The fraction of sp³-hybridized carbons (Fsp3) is 0.455. The molecule has 1 aromatic rings. The van der Waals surface area contributed by atoms with Crippen molar-refractivity contribution in [2.24, 2.45) is 0 Å². The van der Waals surface area contributed by atoms with Gasteiger partial charge in [-0.1, -0.05) is 0 Å². The first-order chi connectivity index (χ1) is 8.65. The summed E-state index contributed by atoms with van der Waals surface area (Å²) in [6.07, 6.45) is 0. The Hall–Kier alpha value is -1.08. The smallest absolute Gasteiger partial charge is 0.273 e. The highest BCUT2D eigenvalue weighted by atomic mass is 32.2. The predicted octanol–water partition coefficient (Wildman–Crippen LogP) is 2.44. The molecule has 1 aromatic carbocycles. The van der Waals surface area contributed by atoms with Crippen LogP contribution in [0, 0.1) is 10.1 Å². The first-order valence-electron chi connectivity index (χ1n) is 5.63. The van der Waals surface area contributed by atoms with E-state index in [0.29, 0.717) is 10.9 Å². The standard InChI is InChI=1S/C11H15N3O2S2/c12-8-3-9(5-10(4-8)14(15)16)13-6-11-7-17-1-2-18-11/h3-5,11,13H,1-2,6-7,12H2. The van der Waals surface area contributed by atoms with Gasteiger partial charge < -0.3 is 11.1 Å². The van der Waals surface area contributed by atoms with Gasteiger partial charge in [0.2, 0.25) is 0 Å². The van der Waals surface area contributed by atoms with Crippen LogP contribution in [-0.4, -0.2) is 34.0 Å². The highest BCUT2D eigenvalue weighted by Gasteiger charge is 2.14. The van der Waals surface area contributed by atoms with Crippen LogP contribution >= 0.6 is 23.5 Å². The molecule has 0 aliphatic carbocycles. The van der Waals surface area contributed by atoms with Gasteiger partial charge in [-0.25, -0.2) is 0 Å². The molecule has 98 valence electrons. The minimum atomic E-state index is -0.424. The van der Waals surface area contributed by atoms with Gasteiger partial charge in [-0.3, -0.25) is 10.1 Å². The second-order valence-corrected chi connectivity index (χ2v) is 6.58. The molecule has 7 heteroatoms. The number of nitro benzene ring substituents is 1. The van der Waals surface area contributed by atoms with Crippen LogP contribution in [-0.2, 0) is 0 Å². The Labute approximate surface area is 114 Å². The van der Waals surface area contributed by atoms with E-state index in [4.69, 9.17) is 5.73 Å². The maximum Gasteiger partial charge on any atom is 0.273 e. The fourth-order valence-corrected chi connectivity index (χ4v) is 4.34. The van der Waals surface area contributed by atoms with E-state index in [1.807, 2.05) is 23.5 Å². The number of nitrogens with zero attached hydrogens (tertiary/aromatic N) is 1. The lowest BCUT2D eigenvalue weighted by molar-refractivity contribution is -0.384. The Morgan fingerprint density at radius 1 is 1.44 bits per heavy atom. The highest BCUT2D eigenvalue weighted by Crippen LogP contribution is 2.26. The summed E-state index contributed by atoms with van der Waals surface area (Å²) in [5.74, 6) is 3.51. The predicted molar refractivity (Wildman–Crippen MR) is 79.6 cm³/mol. The lowest BCUT2D eigenvalue weighted by Gasteiger charge is -2.21. The number of anilines is 2. The van der Waals surface area contributed by atoms with Crippen molar-refractivity contribution in [1.82, 2.24) is 0 Å². The van der Waals surface area contributed by atoms with E-state index in [9.17, 15) is 10.1 Å². The van der Waals surface area contributed by atoms with Crippen LogP contribution < -0.4 is 11.1 Å². The van der Waals surface area contributed by atoms with Crippen molar-refractivity contribution in [3.63, 3.8) is 0 Å². The minimum absolute atomic E-state index is 0.0307. The number of nitrogens with two attached hydrogens (primary N) is 1. The molecule has 0 aromatic heterocycles. The SMILES string of the molecule is Nc1cc(NCC2CSCCS2)cc([N+](=O)[O-])c1. The van der Waals surface area contributed by atoms with Gasteiger partial charge in [0.05, 0.1) is 4.92 Å². The number of rotatable bonds is 4. The lowest BCUT2D eigenvalue weighted by Crippen LogP contribution is -2.23. The lowest BCUT2D eigenvalue weighted by atomic mass is 10.2. The third-order valence-electron chi connectivity index (χ3n) is 2.57. The zero-order chi connectivity index (χ0) is 13.0. The quantitative estimate of drug-likeness (QED) is 0.502. The molecule has 2 rings (SSSR count). The summed E-state index contributed by atoms with van der Waals surface area (Å²) in [5.41, 5.74) is 6.82. The summed E-state index contributed by atoms with van der Waals surface area (Å²) in [5, 5.41) is 14.5. The van der Waals surface area contributed by atoms with Crippen LogP contribution in [0.5, 0.6) is 0 Å². The van der Waals surface area contributed by atoms with Crippen LogP contribution in [0.4, 0.5) is 17.1 Å². The molecule has 0 bridgehead atoms. The first-order valence-corrected chi connectivity index (χ1v) is 7.83. The molecule has 0 spiro atoms. The highest BCUT2D eigenvalue weighted by molar-refractivity contribution is 8.06. The van der Waals surface area contributed by atoms with Crippen molar-refractivity contribution in [2.75, 3.05) is 34.9 Å². The molecule has 1 saturated heterocycles. The number of hydrogen-bond donors (Lipinski definition) is 2. The first kappa shape index (κ1) is 13.4. The maximum absolute atomic E-state index is 10.7. The second-order valence-electron chi connectivity index (χ2n) is 4.02. The number of non-ortho nitro benzene ring substituents is 1. The van der Waals surface area contributed by atoms with E-state index in [1.165, 1.54) is 23.6 Å². The summed E-state index contributed by atoms with van der Waals surface area (Å²) in [7, 11) is 0. The molecule has 0 radical (unpaired) electrons. The van der Waals surface area contributed by atoms with Crippen molar-refractivity contribution in [3.8, 4) is 0 Å². The van der Waals surface area contributed by atoms with Crippen molar-refractivity contribution in [1.29, 1.82) is 0 Å².